The molecule has 1 atom stereocenters. The lowest BCUT2D eigenvalue weighted by Crippen LogP contribution is -2.34. The number of hydrogen-bond acceptors (Lipinski definition) is 3. The first-order valence-electron chi connectivity index (χ1n) is 7.29. The highest BCUT2D eigenvalue weighted by molar-refractivity contribution is 7.99. The Kier molecular flexibility index (Phi) is 5.82. The molecule has 2 aromatic rings. The molecule has 0 radical (unpaired) electrons. The molecule has 1 heterocycles. The van der Waals surface area contributed by atoms with Gasteiger partial charge in [-0.2, -0.15) is 0 Å². The maximum absolute atomic E-state index is 12.6. The first-order chi connectivity index (χ1) is 11.6. The van der Waals surface area contributed by atoms with Crippen molar-refractivity contribution in [1.29, 1.82) is 0 Å². The molecule has 1 fully saturated rings. The topological polar surface area (TPSA) is 29.5 Å². The summed E-state index contributed by atoms with van der Waals surface area (Å²) < 4.78 is 5.56. The molecule has 1 saturated heterocycles. The number of hydrogen-bond donors (Lipinski definition) is 0. The normalized spacial score (nSPS) is 17.1. The Morgan fingerprint density at radius 2 is 1.96 bits per heavy atom. The Balaban J connectivity index is 1.69. The minimum Gasteiger partial charge on any atom is -0.482 e. The van der Waals surface area contributed by atoms with E-state index in [2.05, 4.69) is 0 Å². The number of halogens is 3. The molecule has 1 unspecified atom stereocenters. The maximum atomic E-state index is 12.6. The highest BCUT2D eigenvalue weighted by Gasteiger charge is 2.32. The van der Waals surface area contributed by atoms with Crippen LogP contribution in [0.3, 0.4) is 0 Å². The molecule has 1 aliphatic rings. The number of rotatable bonds is 4. The van der Waals surface area contributed by atoms with Crippen LogP contribution in [0.15, 0.2) is 42.5 Å². The summed E-state index contributed by atoms with van der Waals surface area (Å²) in [6.45, 7) is 0.583. The van der Waals surface area contributed by atoms with Crippen molar-refractivity contribution in [2.24, 2.45) is 0 Å². The van der Waals surface area contributed by atoms with Gasteiger partial charge in [-0.1, -0.05) is 53.0 Å². The molecule has 2 aromatic carbocycles. The SMILES string of the molecule is O=C(COc1ccc(Cl)cc1Cl)N1CCSC1c1ccccc1Cl. The van der Waals surface area contributed by atoms with Crippen molar-refractivity contribution in [3.05, 3.63) is 63.1 Å². The second-order valence-electron chi connectivity index (χ2n) is 5.20. The van der Waals surface area contributed by atoms with Crippen molar-refractivity contribution in [3.8, 4) is 5.75 Å². The molecular formula is C17H14Cl3NO2S. The average Bonchev–Trinajstić information content (AvgIpc) is 3.03. The lowest BCUT2D eigenvalue weighted by atomic mass is 10.2. The van der Waals surface area contributed by atoms with Gasteiger partial charge in [0.25, 0.3) is 5.91 Å². The third-order valence-corrected chi connectivity index (χ3v) is 5.74. The average molecular weight is 403 g/mol. The van der Waals surface area contributed by atoms with Crippen LogP contribution in [0.1, 0.15) is 10.9 Å². The second-order valence-corrected chi connectivity index (χ2v) is 7.63. The van der Waals surface area contributed by atoms with Gasteiger partial charge in [0, 0.05) is 27.9 Å². The van der Waals surface area contributed by atoms with Gasteiger partial charge in [0.05, 0.1) is 5.02 Å². The Morgan fingerprint density at radius 1 is 1.17 bits per heavy atom. The van der Waals surface area contributed by atoms with E-state index >= 15 is 0 Å². The minimum atomic E-state index is -0.101. The molecule has 1 aliphatic heterocycles. The zero-order valence-corrected chi connectivity index (χ0v) is 15.6. The summed E-state index contributed by atoms with van der Waals surface area (Å²) >= 11 is 19.9. The quantitative estimate of drug-likeness (QED) is 0.695. The molecule has 1 amide bonds. The van der Waals surface area contributed by atoms with Gasteiger partial charge in [-0.05, 0) is 24.3 Å². The number of carbonyl (C=O) groups excluding carboxylic acids is 1. The van der Waals surface area contributed by atoms with Gasteiger partial charge in [0.1, 0.15) is 11.1 Å². The van der Waals surface area contributed by atoms with Crippen LogP contribution in [-0.4, -0.2) is 29.7 Å². The molecule has 126 valence electrons. The van der Waals surface area contributed by atoms with E-state index in [1.165, 1.54) is 0 Å². The van der Waals surface area contributed by atoms with Gasteiger partial charge in [0.15, 0.2) is 6.61 Å². The van der Waals surface area contributed by atoms with Crippen LogP contribution < -0.4 is 4.74 Å². The number of ether oxygens (including phenoxy) is 1. The summed E-state index contributed by atoms with van der Waals surface area (Å²) in [6.07, 6.45) is 0. The number of nitrogens with zero attached hydrogens (tertiary/aromatic N) is 1. The van der Waals surface area contributed by atoms with E-state index in [1.807, 2.05) is 24.3 Å². The zero-order valence-electron chi connectivity index (χ0n) is 12.5. The van der Waals surface area contributed by atoms with E-state index in [4.69, 9.17) is 39.5 Å². The van der Waals surface area contributed by atoms with Crippen molar-refractivity contribution in [1.82, 2.24) is 4.90 Å². The van der Waals surface area contributed by atoms with Crippen LogP contribution in [0.2, 0.25) is 15.1 Å². The molecule has 7 heteroatoms. The fourth-order valence-corrected chi connectivity index (χ4v) is 4.55. The first kappa shape index (κ1) is 17.7. The molecule has 3 rings (SSSR count). The van der Waals surface area contributed by atoms with Crippen LogP contribution in [0.25, 0.3) is 0 Å². The molecular weight excluding hydrogens is 389 g/mol. The van der Waals surface area contributed by atoms with Crippen LogP contribution in [0.4, 0.5) is 0 Å². The van der Waals surface area contributed by atoms with Crippen LogP contribution in [0, 0.1) is 0 Å². The highest BCUT2D eigenvalue weighted by Crippen LogP contribution is 2.40. The fraction of sp³-hybridized carbons (Fsp3) is 0.235. The predicted octanol–water partition coefficient (Wildman–Crippen LogP) is 5.30. The lowest BCUT2D eigenvalue weighted by Gasteiger charge is -2.25. The minimum absolute atomic E-state index is 0.0805. The third kappa shape index (κ3) is 3.94. The van der Waals surface area contributed by atoms with E-state index < -0.39 is 0 Å². The monoisotopic (exact) mass is 401 g/mol. The Bertz CT molecular complexity index is 756. The maximum Gasteiger partial charge on any atom is 0.261 e. The van der Waals surface area contributed by atoms with Crippen LogP contribution >= 0.6 is 46.6 Å². The molecule has 0 aliphatic carbocycles. The van der Waals surface area contributed by atoms with Gasteiger partial charge < -0.3 is 9.64 Å². The van der Waals surface area contributed by atoms with E-state index in [0.717, 1.165) is 11.3 Å². The van der Waals surface area contributed by atoms with Gasteiger partial charge >= 0.3 is 0 Å². The van der Waals surface area contributed by atoms with Crippen molar-refractivity contribution in [3.63, 3.8) is 0 Å². The Morgan fingerprint density at radius 3 is 2.71 bits per heavy atom. The molecule has 0 aromatic heterocycles. The fourth-order valence-electron chi connectivity index (χ4n) is 2.47. The first-order valence-corrected chi connectivity index (χ1v) is 9.48. The van der Waals surface area contributed by atoms with Crippen molar-refractivity contribution in [2.45, 2.75) is 5.37 Å². The Labute approximate surface area is 159 Å². The smallest absolute Gasteiger partial charge is 0.261 e. The summed E-state index contributed by atoms with van der Waals surface area (Å²) in [7, 11) is 0. The summed E-state index contributed by atoms with van der Waals surface area (Å²) in [5.74, 6) is 1.20. The molecule has 0 spiro atoms. The second kappa shape index (κ2) is 7.87. The summed E-state index contributed by atoms with van der Waals surface area (Å²) in [4.78, 5) is 14.4. The molecule has 24 heavy (non-hydrogen) atoms. The van der Waals surface area contributed by atoms with E-state index in [-0.39, 0.29) is 17.9 Å². The summed E-state index contributed by atoms with van der Waals surface area (Å²) in [5, 5.41) is 1.48. The third-order valence-electron chi connectivity index (χ3n) is 3.63. The largest absolute Gasteiger partial charge is 0.482 e. The molecule has 0 saturated carbocycles. The molecule has 0 N–H and O–H groups in total. The summed E-state index contributed by atoms with van der Waals surface area (Å²) in [5.41, 5.74) is 0.944. The van der Waals surface area contributed by atoms with Crippen molar-refractivity contribution >= 4 is 52.5 Å². The van der Waals surface area contributed by atoms with E-state index in [9.17, 15) is 4.79 Å². The number of amides is 1. The predicted molar refractivity (Wildman–Crippen MR) is 100 cm³/mol. The van der Waals surface area contributed by atoms with Gasteiger partial charge in [-0.3, -0.25) is 4.79 Å². The van der Waals surface area contributed by atoms with Crippen LogP contribution in [0.5, 0.6) is 5.75 Å². The van der Waals surface area contributed by atoms with Gasteiger partial charge in [-0.15, -0.1) is 11.8 Å². The number of thioether (sulfide) groups is 1. The Hall–Kier alpha value is -1.07. The highest BCUT2D eigenvalue weighted by atomic mass is 35.5. The van der Waals surface area contributed by atoms with Gasteiger partial charge in [-0.25, -0.2) is 0 Å². The van der Waals surface area contributed by atoms with Crippen molar-refractivity contribution in [2.75, 3.05) is 18.9 Å². The van der Waals surface area contributed by atoms with Crippen molar-refractivity contribution < 1.29 is 9.53 Å². The van der Waals surface area contributed by atoms with E-state index in [1.54, 1.807) is 34.9 Å². The lowest BCUT2D eigenvalue weighted by molar-refractivity contribution is -0.133. The zero-order chi connectivity index (χ0) is 17.1. The summed E-state index contributed by atoms with van der Waals surface area (Å²) in [6, 6.07) is 12.5. The van der Waals surface area contributed by atoms with E-state index in [0.29, 0.717) is 27.4 Å². The van der Waals surface area contributed by atoms with Crippen LogP contribution in [-0.2, 0) is 4.79 Å². The molecule has 3 nitrogen and oxygen atoms in total. The van der Waals surface area contributed by atoms with Gasteiger partial charge in [0.2, 0.25) is 0 Å². The number of carbonyl (C=O) groups is 1. The molecule has 0 bridgehead atoms. The number of benzene rings is 2. The standard InChI is InChI=1S/C17H14Cl3NO2S/c18-11-5-6-15(14(20)9-11)23-10-16(22)21-7-8-24-17(21)12-3-1-2-4-13(12)19/h1-6,9,17H,7-8,10H2.